The number of fused-ring (bicyclic) bond motifs is 1. The second-order valence-electron chi connectivity index (χ2n) is 9.84. The van der Waals surface area contributed by atoms with Crippen molar-refractivity contribution in [3.05, 3.63) is 65.0 Å². The number of rotatable bonds is 5. The van der Waals surface area contributed by atoms with Gasteiger partial charge in [-0.05, 0) is 37.1 Å². The van der Waals surface area contributed by atoms with Gasteiger partial charge in [0.2, 0.25) is 0 Å². The number of pyridine rings is 1. The van der Waals surface area contributed by atoms with Gasteiger partial charge in [0.1, 0.15) is 16.5 Å². The van der Waals surface area contributed by atoms with Crippen molar-refractivity contribution < 1.29 is 13.6 Å². The molecule has 4 aromatic rings. The number of imidazole rings is 1. The van der Waals surface area contributed by atoms with Crippen molar-refractivity contribution in [3.8, 4) is 11.5 Å². The molecule has 1 aromatic carbocycles. The summed E-state index contributed by atoms with van der Waals surface area (Å²) < 4.78 is 31.9. The summed E-state index contributed by atoms with van der Waals surface area (Å²) in [5, 5.41) is 2.95. The number of hydrogen-bond donors (Lipinski definition) is 0. The molecule has 5 heterocycles. The van der Waals surface area contributed by atoms with Crippen LogP contribution in [-0.2, 0) is 11.3 Å². The lowest BCUT2D eigenvalue weighted by atomic mass is 9.90. The zero-order valence-electron chi connectivity index (χ0n) is 20.4. The minimum atomic E-state index is -1.81. The van der Waals surface area contributed by atoms with Crippen molar-refractivity contribution in [1.29, 1.82) is 0 Å². The van der Waals surface area contributed by atoms with Gasteiger partial charge in [0.15, 0.2) is 11.5 Å². The van der Waals surface area contributed by atoms with E-state index in [-0.39, 0.29) is 30.6 Å². The van der Waals surface area contributed by atoms with Gasteiger partial charge >= 0.3 is 0 Å². The molecule has 2 saturated heterocycles. The predicted molar refractivity (Wildman–Crippen MR) is 138 cm³/mol. The van der Waals surface area contributed by atoms with Crippen LogP contribution in [-0.4, -0.2) is 67.1 Å². The number of halogens is 2. The lowest BCUT2D eigenvalue weighted by Gasteiger charge is -2.40. The van der Waals surface area contributed by atoms with Crippen molar-refractivity contribution in [2.24, 2.45) is 0 Å². The Kier molecular flexibility index (Phi) is 6.46. The lowest BCUT2D eigenvalue weighted by Crippen LogP contribution is -2.53. The van der Waals surface area contributed by atoms with Gasteiger partial charge in [-0.25, -0.2) is 18.7 Å². The largest absolute Gasteiger partial charge is 0.340 e. The van der Waals surface area contributed by atoms with Crippen LogP contribution >= 0.6 is 11.3 Å². The third-order valence-corrected chi connectivity index (χ3v) is 8.30. The highest BCUT2D eigenvalue weighted by atomic mass is 32.1. The van der Waals surface area contributed by atoms with Crippen LogP contribution in [0.4, 0.5) is 8.78 Å². The summed E-state index contributed by atoms with van der Waals surface area (Å²) in [6.07, 6.45) is 5.24. The predicted octanol–water partition coefficient (Wildman–Crippen LogP) is 4.86. The Morgan fingerprint density at radius 3 is 2.57 bits per heavy atom. The molecule has 2 aliphatic heterocycles. The quantitative estimate of drug-likeness (QED) is 0.375. The van der Waals surface area contributed by atoms with E-state index in [1.54, 1.807) is 34.7 Å². The molecule has 37 heavy (non-hydrogen) atoms. The third-order valence-electron chi connectivity index (χ3n) is 7.54. The second kappa shape index (κ2) is 9.90. The molecule has 0 bridgehead atoms. The third kappa shape index (κ3) is 4.75. The Labute approximate surface area is 217 Å². The van der Waals surface area contributed by atoms with Crippen molar-refractivity contribution in [3.63, 3.8) is 0 Å². The molecule has 3 aromatic heterocycles. The molecule has 2 aliphatic rings. The smallest absolute Gasteiger partial charge is 0.260 e. The number of nitrogens with zero attached hydrogens (tertiary/aromatic N) is 6. The number of alkyl halides is 1. The Hall–Kier alpha value is -3.24. The van der Waals surface area contributed by atoms with Crippen LogP contribution in [0.3, 0.4) is 0 Å². The molecule has 0 spiro atoms. The van der Waals surface area contributed by atoms with Gasteiger partial charge in [-0.3, -0.25) is 14.7 Å². The lowest BCUT2D eigenvalue weighted by molar-refractivity contribution is -0.148. The summed E-state index contributed by atoms with van der Waals surface area (Å²) in [6, 6.07) is 10.3. The van der Waals surface area contributed by atoms with Crippen LogP contribution in [0, 0.1) is 5.82 Å². The molecule has 0 radical (unpaired) electrons. The van der Waals surface area contributed by atoms with E-state index in [4.69, 9.17) is 4.98 Å². The van der Waals surface area contributed by atoms with Crippen molar-refractivity contribution >= 4 is 28.3 Å². The number of likely N-dealkylation sites (tertiary alicyclic amines) is 2. The highest BCUT2D eigenvalue weighted by Gasteiger charge is 2.45. The fraction of sp³-hybridized carbons (Fsp3) is 0.407. The first-order chi connectivity index (χ1) is 18.0. The van der Waals surface area contributed by atoms with E-state index in [1.807, 2.05) is 23.6 Å². The molecule has 0 N–H and O–H groups in total. The second-order valence-corrected chi connectivity index (χ2v) is 10.8. The molecule has 2 fully saturated rings. The summed E-state index contributed by atoms with van der Waals surface area (Å²) in [6.45, 7) is 2.74. The average Bonchev–Trinajstić information content (AvgIpc) is 3.58. The highest BCUT2D eigenvalue weighted by molar-refractivity contribution is 7.09. The van der Waals surface area contributed by atoms with Crippen LogP contribution < -0.4 is 0 Å². The number of carbonyl (C=O) groups excluding carboxylic acids is 1. The molecule has 7 nitrogen and oxygen atoms in total. The maximum atomic E-state index is 15.8. The number of benzene rings is 1. The standard InChI is InChI=1S/C27H28F2N6OS/c28-19-4-5-23-22(17-19)32-25(21-3-1-2-10-30-21)35(23)20-6-12-34(13-7-20)26(36)27(29)8-14-33(15-9-27)18-24-31-11-16-37-24/h1-5,10-11,16-17,20H,6-9,12-15,18H2. The molecule has 0 saturated carbocycles. The molecular weight excluding hydrogens is 494 g/mol. The Balaban J connectivity index is 1.15. The van der Waals surface area contributed by atoms with Gasteiger partial charge in [-0.1, -0.05) is 6.07 Å². The monoisotopic (exact) mass is 522 g/mol. The van der Waals surface area contributed by atoms with Crippen LogP contribution in [0.25, 0.3) is 22.6 Å². The van der Waals surface area contributed by atoms with Crippen LogP contribution in [0.15, 0.2) is 54.2 Å². The number of thiazole rings is 1. The zero-order valence-corrected chi connectivity index (χ0v) is 21.2. The van der Waals surface area contributed by atoms with Gasteiger partial charge in [0.25, 0.3) is 5.91 Å². The van der Waals surface area contributed by atoms with Gasteiger partial charge in [-0.2, -0.15) is 0 Å². The number of aromatic nitrogens is 4. The first kappa shape index (κ1) is 24.1. The normalized spacial score (nSPS) is 18.9. The Morgan fingerprint density at radius 1 is 1.05 bits per heavy atom. The summed E-state index contributed by atoms with van der Waals surface area (Å²) in [5.41, 5.74) is 0.308. The molecule has 0 atom stereocenters. The van der Waals surface area contributed by atoms with E-state index in [0.717, 1.165) is 10.5 Å². The van der Waals surface area contributed by atoms with Crippen LogP contribution in [0.5, 0.6) is 0 Å². The van der Waals surface area contributed by atoms with Gasteiger partial charge in [0, 0.05) is 68.9 Å². The van der Waals surface area contributed by atoms with Crippen molar-refractivity contribution in [2.45, 2.75) is 43.9 Å². The molecular formula is C27H28F2N6OS. The Morgan fingerprint density at radius 2 is 1.86 bits per heavy atom. The number of piperidine rings is 2. The maximum absolute atomic E-state index is 15.8. The topological polar surface area (TPSA) is 67.2 Å². The molecule has 1 amide bonds. The van der Waals surface area contributed by atoms with E-state index >= 15 is 4.39 Å². The van der Waals surface area contributed by atoms with Crippen LogP contribution in [0.2, 0.25) is 0 Å². The fourth-order valence-electron chi connectivity index (χ4n) is 5.53. The first-order valence-electron chi connectivity index (χ1n) is 12.7. The van der Waals surface area contributed by atoms with Gasteiger partial charge in [-0.15, -0.1) is 11.3 Å². The molecule has 0 unspecified atom stereocenters. The highest BCUT2D eigenvalue weighted by Crippen LogP contribution is 2.35. The fourth-order valence-corrected chi connectivity index (χ4v) is 6.19. The minimum absolute atomic E-state index is 0.0484. The number of carbonyl (C=O) groups is 1. The minimum Gasteiger partial charge on any atom is -0.340 e. The zero-order chi connectivity index (χ0) is 25.4. The van der Waals surface area contributed by atoms with E-state index in [1.165, 1.54) is 12.1 Å². The van der Waals surface area contributed by atoms with Gasteiger partial charge < -0.3 is 9.47 Å². The number of amides is 1. The molecule has 0 aliphatic carbocycles. The van der Waals surface area contributed by atoms with Gasteiger partial charge in [0.05, 0.1) is 17.6 Å². The maximum Gasteiger partial charge on any atom is 0.260 e. The summed E-state index contributed by atoms with van der Waals surface area (Å²) >= 11 is 1.59. The SMILES string of the molecule is O=C(N1CCC(n2c(-c3ccccn3)nc3cc(F)ccc32)CC1)C1(F)CCN(Cc2nccs2)CC1. The van der Waals surface area contributed by atoms with Crippen molar-refractivity contribution in [1.82, 2.24) is 29.3 Å². The van der Waals surface area contributed by atoms with E-state index in [0.29, 0.717) is 62.6 Å². The molecule has 10 heteroatoms. The first-order valence-corrected chi connectivity index (χ1v) is 13.6. The molecule has 6 rings (SSSR count). The summed E-state index contributed by atoms with van der Waals surface area (Å²) in [5.74, 6) is -0.0426. The summed E-state index contributed by atoms with van der Waals surface area (Å²) in [4.78, 5) is 30.6. The van der Waals surface area contributed by atoms with Crippen LogP contribution in [0.1, 0.15) is 36.7 Å². The summed E-state index contributed by atoms with van der Waals surface area (Å²) in [7, 11) is 0. The van der Waals surface area contributed by atoms with Crippen molar-refractivity contribution in [2.75, 3.05) is 26.2 Å². The number of hydrogen-bond acceptors (Lipinski definition) is 6. The molecule has 192 valence electrons. The Bertz CT molecular complexity index is 1380. The van der Waals surface area contributed by atoms with E-state index in [2.05, 4.69) is 19.4 Å². The van der Waals surface area contributed by atoms with E-state index in [9.17, 15) is 9.18 Å². The van der Waals surface area contributed by atoms with E-state index < -0.39 is 5.67 Å². The average molecular weight is 523 g/mol.